The molecule has 5 nitrogen and oxygen atoms in total. The van der Waals surface area contributed by atoms with E-state index in [1.165, 1.54) is 12.8 Å². The molecule has 0 spiro atoms. The van der Waals surface area contributed by atoms with Crippen molar-refractivity contribution in [3.63, 3.8) is 0 Å². The van der Waals surface area contributed by atoms with E-state index >= 15 is 0 Å². The van der Waals surface area contributed by atoms with Gasteiger partial charge in [0.2, 0.25) is 0 Å². The highest BCUT2D eigenvalue weighted by Crippen LogP contribution is 2.25. The molecule has 2 aromatic heterocycles. The minimum absolute atomic E-state index is 0.369. The molecule has 1 aromatic carbocycles. The average Bonchev–Trinajstić information content (AvgIpc) is 3.16. The number of fused-ring (bicyclic) bond motifs is 1. The molecule has 3 heterocycles. The van der Waals surface area contributed by atoms with Gasteiger partial charge in [-0.25, -0.2) is 9.97 Å². The van der Waals surface area contributed by atoms with Crippen LogP contribution in [0.25, 0.3) is 22.3 Å². The molecule has 5 heteroatoms. The highest BCUT2D eigenvalue weighted by molar-refractivity contribution is 5.80. The molecule has 20 heavy (non-hydrogen) atoms. The second kappa shape index (κ2) is 4.76. The molecular formula is C15H17N5. The number of H-pyrrole nitrogens is 2. The van der Waals surface area contributed by atoms with Crippen LogP contribution in [0.4, 0.5) is 0 Å². The Morgan fingerprint density at radius 2 is 2.15 bits per heavy atom. The summed E-state index contributed by atoms with van der Waals surface area (Å²) in [6.07, 6.45) is 7.34. The lowest BCUT2D eigenvalue weighted by Crippen LogP contribution is -2.27. The first-order valence-electron chi connectivity index (χ1n) is 7.12. The van der Waals surface area contributed by atoms with Crippen molar-refractivity contribution < 1.29 is 0 Å². The number of nitrogens with zero attached hydrogens (tertiary/aromatic N) is 2. The number of rotatable bonds is 2. The number of piperidine rings is 1. The maximum absolute atomic E-state index is 4.54. The minimum Gasteiger partial charge on any atom is -0.345 e. The van der Waals surface area contributed by atoms with Crippen LogP contribution in [0, 0.1) is 0 Å². The first-order chi connectivity index (χ1) is 9.90. The largest absolute Gasteiger partial charge is 0.345 e. The SMILES string of the molecule is c1nc2ccc(-c3cnc(C4CCCCN4)[nH]3)cc2[nH]1. The quantitative estimate of drug-likeness (QED) is 0.668. The van der Waals surface area contributed by atoms with Gasteiger partial charge in [0.1, 0.15) is 5.82 Å². The summed E-state index contributed by atoms with van der Waals surface area (Å²) in [5.41, 5.74) is 4.23. The van der Waals surface area contributed by atoms with E-state index in [4.69, 9.17) is 0 Å². The van der Waals surface area contributed by atoms with E-state index in [0.717, 1.165) is 41.1 Å². The molecule has 1 aliphatic heterocycles. The predicted octanol–water partition coefficient (Wildman–Crippen LogP) is 2.77. The second-order valence-corrected chi connectivity index (χ2v) is 5.32. The Bertz CT molecular complexity index is 721. The van der Waals surface area contributed by atoms with Gasteiger partial charge in [0.15, 0.2) is 0 Å². The van der Waals surface area contributed by atoms with Gasteiger partial charge in [0.25, 0.3) is 0 Å². The summed E-state index contributed by atoms with van der Waals surface area (Å²) in [6, 6.07) is 6.58. The van der Waals surface area contributed by atoms with Crippen molar-refractivity contribution >= 4 is 11.0 Å². The first kappa shape index (κ1) is 11.7. The van der Waals surface area contributed by atoms with Crippen LogP contribution < -0.4 is 5.32 Å². The van der Waals surface area contributed by atoms with E-state index in [1.54, 1.807) is 6.33 Å². The van der Waals surface area contributed by atoms with Crippen LogP contribution in [0.15, 0.2) is 30.7 Å². The standard InChI is InChI=1S/C15H17N5/c1-2-6-16-12(3-1)15-17-8-14(20-15)10-4-5-11-13(7-10)19-9-18-11/h4-5,7-9,12,16H,1-3,6H2,(H,17,20)(H,18,19). The Morgan fingerprint density at radius 3 is 3.05 bits per heavy atom. The molecule has 3 N–H and O–H groups in total. The maximum atomic E-state index is 4.54. The van der Waals surface area contributed by atoms with Gasteiger partial charge in [-0.2, -0.15) is 0 Å². The number of hydrogen-bond donors (Lipinski definition) is 3. The third-order valence-corrected chi connectivity index (χ3v) is 3.97. The van der Waals surface area contributed by atoms with E-state index in [9.17, 15) is 0 Å². The molecule has 1 aliphatic rings. The summed E-state index contributed by atoms with van der Waals surface area (Å²) in [6.45, 7) is 1.08. The van der Waals surface area contributed by atoms with Crippen molar-refractivity contribution in [2.24, 2.45) is 0 Å². The maximum Gasteiger partial charge on any atom is 0.123 e. The topological polar surface area (TPSA) is 69.4 Å². The lowest BCUT2D eigenvalue weighted by Gasteiger charge is -2.21. The molecule has 0 radical (unpaired) electrons. The molecule has 1 fully saturated rings. The number of aromatic nitrogens is 4. The van der Waals surface area contributed by atoms with Crippen molar-refractivity contribution in [1.29, 1.82) is 0 Å². The molecule has 4 rings (SSSR count). The summed E-state index contributed by atoms with van der Waals surface area (Å²) in [4.78, 5) is 15.4. The predicted molar refractivity (Wildman–Crippen MR) is 78.3 cm³/mol. The number of imidazole rings is 2. The van der Waals surface area contributed by atoms with Crippen molar-refractivity contribution in [2.45, 2.75) is 25.3 Å². The first-order valence-corrected chi connectivity index (χ1v) is 7.12. The van der Waals surface area contributed by atoms with Crippen molar-refractivity contribution in [3.8, 4) is 11.3 Å². The lowest BCUT2D eigenvalue weighted by molar-refractivity contribution is 0.399. The fraction of sp³-hybridized carbons (Fsp3) is 0.333. The third kappa shape index (κ3) is 2.00. The Balaban J connectivity index is 1.66. The van der Waals surface area contributed by atoms with Crippen molar-refractivity contribution in [1.82, 2.24) is 25.3 Å². The van der Waals surface area contributed by atoms with Gasteiger partial charge < -0.3 is 15.3 Å². The smallest absolute Gasteiger partial charge is 0.123 e. The van der Waals surface area contributed by atoms with Crippen LogP contribution >= 0.6 is 0 Å². The zero-order valence-corrected chi connectivity index (χ0v) is 11.2. The molecule has 0 saturated carbocycles. The fourth-order valence-electron chi connectivity index (χ4n) is 2.85. The molecule has 102 valence electrons. The molecule has 1 unspecified atom stereocenters. The molecule has 3 aromatic rings. The summed E-state index contributed by atoms with van der Waals surface area (Å²) < 4.78 is 0. The fourth-order valence-corrected chi connectivity index (χ4v) is 2.85. The highest BCUT2D eigenvalue weighted by atomic mass is 15.0. The molecule has 1 saturated heterocycles. The van der Waals surface area contributed by atoms with E-state index in [1.807, 2.05) is 12.3 Å². The molecule has 1 atom stereocenters. The van der Waals surface area contributed by atoms with Gasteiger partial charge in [-0.05, 0) is 31.5 Å². The zero-order chi connectivity index (χ0) is 13.4. The van der Waals surface area contributed by atoms with Gasteiger partial charge in [-0.3, -0.25) is 0 Å². The average molecular weight is 267 g/mol. The normalized spacial score (nSPS) is 19.5. The van der Waals surface area contributed by atoms with Crippen molar-refractivity contribution in [2.75, 3.05) is 6.54 Å². The van der Waals surface area contributed by atoms with Gasteiger partial charge in [0, 0.05) is 5.56 Å². The monoisotopic (exact) mass is 267 g/mol. The number of aromatic amines is 2. The van der Waals surface area contributed by atoms with Crippen LogP contribution in [0.5, 0.6) is 0 Å². The number of nitrogens with one attached hydrogen (secondary N) is 3. The van der Waals surface area contributed by atoms with Crippen LogP contribution in [0.3, 0.4) is 0 Å². The van der Waals surface area contributed by atoms with Crippen LogP contribution in [0.1, 0.15) is 31.1 Å². The van der Waals surface area contributed by atoms with Crippen molar-refractivity contribution in [3.05, 3.63) is 36.5 Å². The van der Waals surface area contributed by atoms with Gasteiger partial charge in [-0.15, -0.1) is 0 Å². The van der Waals surface area contributed by atoms with E-state index in [-0.39, 0.29) is 0 Å². The van der Waals surface area contributed by atoms with E-state index in [2.05, 4.69) is 37.4 Å². The third-order valence-electron chi connectivity index (χ3n) is 3.97. The summed E-state index contributed by atoms with van der Waals surface area (Å²) >= 11 is 0. The van der Waals surface area contributed by atoms with E-state index in [0.29, 0.717) is 6.04 Å². The Kier molecular flexibility index (Phi) is 2.77. The van der Waals surface area contributed by atoms with Crippen LogP contribution in [-0.2, 0) is 0 Å². The van der Waals surface area contributed by atoms with E-state index < -0.39 is 0 Å². The van der Waals surface area contributed by atoms with Gasteiger partial charge >= 0.3 is 0 Å². The molecule has 0 bridgehead atoms. The zero-order valence-electron chi connectivity index (χ0n) is 11.2. The molecule has 0 amide bonds. The molecule has 0 aliphatic carbocycles. The Hall–Kier alpha value is -2.14. The summed E-state index contributed by atoms with van der Waals surface area (Å²) in [7, 11) is 0. The summed E-state index contributed by atoms with van der Waals surface area (Å²) in [5, 5.41) is 3.52. The van der Waals surface area contributed by atoms with Crippen LogP contribution in [-0.4, -0.2) is 26.5 Å². The molecular weight excluding hydrogens is 250 g/mol. The second-order valence-electron chi connectivity index (χ2n) is 5.32. The number of benzene rings is 1. The minimum atomic E-state index is 0.369. The lowest BCUT2D eigenvalue weighted by atomic mass is 10.0. The van der Waals surface area contributed by atoms with Gasteiger partial charge in [0.05, 0.1) is 35.3 Å². The number of hydrogen-bond acceptors (Lipinski definition) is 3. The Morgan fingerprint density at radius 1 is 1.15 bits per heavy atom. The summed E-state index contributed by atoms with van der Waals surface area (Å²) in [5.74, 6) is 1.05. The van der Waals surface area contributed by atoms with Crippen LogP contribution in [0.2, 0.25) is 0 Å². The van der Waals surface area contributed by atoms with Gasteiger partial charge in [-0.1, -0.05) is 12.5 Å². The Labute approximate surface area is 116 Å². The highest BCUT2D eigenvalue weighted by Gasteiger charge is 2.17.